The van der Waals surface area contributed by atoms with Gasteiger partial charge in [0.1, 0.15) is 0 Å². The third-order valence-electron chi connectivity index (χ3n) is 3.31. The zero-order valence-electron chi connectivity index (χ0n) is 13.4. The second-order valence-electron chi connectivity index (χ2n) is 5.31. The molecule has 0 aliphatic rings. The molecule has 0 aliphatic carbocycles. The first-order valence-electron chi connectivity index (χ1n) is 7.39. The van der Waals surface area contributed by atoms with Crippen LogP contribution in [0.1, 0.15) is 21.5 Å². The lowest BCUT2D eigenvalue weighted by Gasteiger charge is -2.08. The minimum atomic E-state index is -0.969. The van der Waals surface area contributed by atoms with Crippen molar-refractivity contribution in [2.24, 2.45) is 0 Å². The zero-order valence-corrected chi connectivity index (χ0v) is 14.2. The number of rotatable bonds is 7. The van der Waals surface area contributed by atoms with Gasteiger partial charge < -0.3 is 10.1 Å². The van der Waals surface area contributed by atoms with Crippen molar-refractivity contribution in [2.75, 3.05) is 24.8 Å². The Hall–Kier alpha value is -1.98. The van der Waals surface area contributed by atoms with E-state index in [0.717, 1.165) is 11.1 Å². The molecule has 0 heterocycles. The van der Waals surface area contributed by atoms with Gasteiger partial charge in [-0.25, -0.2) is 0 Å². The largest absolute Gasteiger partial charge is 0.384 e. The molecule has 0 unspecified atom stereocenters. The van der Waals surface area contributed by atoms with E-state index >= 15 is 0 Å². The number of hydrogen-bond donors (Lipinski definition) is 1. The first-order chi connectivity index (χ1) is 11.1. The molecule has 5 heteroatoms. The fourth-order valence-corrected chi connectivity index (χ4v) is 3.21. The van der Waals surface area contributed by atoms with E-state index in [2.05, 4.69) is 5.32 Å². The van der Waals surface area contributed by atoms with Crippen LogP contribution in [0.15, 0.2) is 48.5 Å². The van der Waals surface area contributed by atoms with Crippen molar-refractivity contribution < 1.29 is 13.7 Å². The Kier molecular flexibility index (Phi) is 6.50. The summed E-state index contributed by atoms with van der Waals surface area (Å²) in [5.74, 6) is 0.819. The molecule has 0 fully saturated rings. The summed E-state index contributed by atoms with van der Waals surface area (Å²) in [6.07, 6.45) is 0. The fraction of sp³-hybridized carbons (Fsp3) is 0.278. The molecule has 0 aliphatic heterocycles. The fourth-order valence-electron chi connectivity index (χ4n) is 2.16. The molecule has 1 atom stereocenters. The number of amides is 1. The van der Waals surface area contributed by atoms with Crippen LogP contribution in [0.25, 0.3) is 0 Å². The van der Waals surface area contributed by atoms with Gasteiger partial charge in [-0.15, -0.1) is 0 Å². The number of benzene rings is 2. The highest BCUT2D eigenvalue weighted by Gasteiger charge is 2.07. The second-order valence-corrected chi connectivity index (χ2v) is 6.88. The molecule has 2 aromatic carbocycles. The van der Waals surface area contributed by atoms with Gasteiger partial charge in [0.2, 0.25) is 0 Å². The van der Waals surface area contributed by atoms with Crippen molar-refractivity contribution >= 4 is 22.4 Å². The van der Waals surface area contributed by atoms with Crippen LogP contribution in [0.3, 0.4) is 0 Å². The number of hydrogen-bond acceptors (Lipinski definition) is 3. The van der Waals surface area contributed by atoms with Gasteiger partial charge in [0.05, 0.1) is 6.61 Å². The number of nitrogens with one attached hydrogen (secondary N) is 1. The Bertz CT molecular complexity index is 700. The zero-order chi connectivity index (χ0) is 16.7. The predicted octanol–water partition coefficient (Wildman–Crippen LogP) is 3.14. The first kappa shape index (κ1) is 17.4. The SMILES string of the molecule is COCC[S@@](=O)Cc1cccc(NC(=O)c2cccc(C)c2)c1. The second kappa shape index (κ2) is 8.60. The van der Waals surface area contributed by atoms with Gasteiger partial charge in [0, 0.05) is 40.7 Å². The molecule has 4 nitrogen and oxygen atoms in total. The number of methoxy groups -OCH3 is 1. The van der Waals surface area contributed by atoms with Crippen LogP contribution in [0.4, 0.5) is 5.69 Å². The van der Waals surface area contributed by atoms with Crippen LogP contribution in [0.2, 0.25) is 0 Å². The predicted molar refractivity (Wildman–Crippen MR) is 94.2 cm³/mol. The number of aryl methyl sites for hydroxylation is 1. The molecule has 1 N–H and O–H groups in total. The molecule has 23 heavy (non-hydrogen) atoms. The summed E-state index contributed by atoms with van der Waals surface area (Å²) >= 11 is 0. The summed E-state index contributed by atoms with van der Waals surface area (Å²) in [5.41, 5.74) is 3.30. The summed E-state index contributed by atoms with van der Waals surface area (Å²) in [6.45, 7) is 2.43. The summed E-state index contributed by atoms with van der Waals surface area (Å²) in [6, 6.07) is 14.9. The molecule has 0 saturated heterocycles. The quantitative estimate of drug-likeness (QED) is 0.848. The van der Waals surface area contributed by atoms with E-state index in [1.807, 2.05) is 49.4 Å². The van der Waals surface area contributed by atoms with E-state index in [1.54, 1.807) is 13.2 Å². The normalized spacial score (nSPS) is 11.9. The minimum Gasteiger partial charge on any atom is -0.384 e. The highest BCUT2D eigenvalue weighted by molar-refractivity contribution is 7.84. The van der Waals surface area contributed by atoms with Crippen molar-refractivity contribution in [3.8, 4) is 0 Å². The molecular formula is C18H21NO3S. The molecule has 1 amide bonds. The van der Waals surface area contributed by atoms with Crippen molar-refractivity contribution in [3.63, 3.8) is 0 Å². The van der Waals surface area contributed by atoms with E-state index in [1.165, 1.54) is 0 Å². The number of anilines is 1. The van der Waals surface area contributed by atoms with Gasteiger partial charge in [-0.2, -0.15) is 0 Å². The Balaban J connectivity index is 2.02. The maximum absolute atomic E-state index is 12.3. The third kappa shape index (κ3) is 5.62. The van der Waals surface area contributed by atoms with Gasteiger partial charge >= 0.3 is 0 Å². The van der Waals surface area contributed by atoms with E-state index in [9.17, 15) is 9.00 Å². The van der Waals surface area contributed by atoms with Crippen LogP contribution in [0, 0.1) is 6.92 Å². The summed E-state index contributed by atoms with van der Waals surface area (Å²) < 4.78 is 16.8. The number of carbonyl (C=O) groups excluding carboxylic acids is 1. The lowest BCUT2D eigenvalue weighted by molar-refractivity contribution is 0.102. The van der Waals surface area contributed by atoms with Crippen molar-refractivity contribution in [1.82, 2.24) is 0 Å². The van der Waals surface area contributed by atoms with E-state index in [0.29, 0.717) is 29.4 Å². The first-order valence-corrected chi connectivity index (χ1v) is 8.88. The molecule has 0 radical (unpaired) electrons. The maximum Gasteiger partial charge on any atom is 0.255 e. The van der Waals surface area contributed by atoms with Crippen LogP contribution in [-0.4, -0.2) is 29.6 Å². The molecule has 122 valence electrons. The molecule has 0 bridgehead atoms. The highest BCUT2D eigenvalue weighted by Crippen LogP contribution is 2.14. The third-order valence-corrected chi connectivity index (χ3v) is 4.59. The topological polar surface area (TPSA) is 55.4 Å². The standard InChI is InChI=1S/C18H21NO3S/c1-14-5-3-7-16(11-14)18(20)19-17-8-4-6-15(12-17)13-23(21)10-9-22-2/h3-8,11-12H,9-10,13H2,1-2H3,(H,19,20)/t23-/m1/s1. The number of ether oxygens (including phenoxy) is 1. The molecule has 0 spiro atoms. The van der Waals surface area contributed by atoms with Crippen LogP contribution < -0.4 is 5.32 Å². The smallest absolute Gasteiger partial charge is 0.255 e. The summed E-state index contributed by atoms with van der Waals surface area (Å²) in [4.78, 5) is 12.3. The Labute approximate surface area is 139 Å². The lowest BCUT2D eigenvalue weighted by atomic mass is 10.1. The summed E-state index contributed by atoms with van der Waals surface area (Å²) in [5, 5.41) is 2.88. The van der Waals surface area contributed by atoms with E-state index < -0.39 is 10.8 Å². The molecular weight excluding hydrogens is 310 g/mol. The van der Waals surface area contributed by atoms with Gasteiger partial charge in [-0.1, -0.05) is 29.8 Å². The monoisotopic (exact) mass is 331 g/mol. The Morgan fingerprint density at radius 2 is 1.96 bits per heavy atom. The van der Waals surface area contributed by atoms with Gasteiger partial charge in [-0.05, 0) is 36.8 Å². The minimum absolute atomic E-state index is 0.147. The van der Waals surface area contributed by atoms with E-state index in [4.69, 9.17) is 4.74 Å². The van der Waals surface area contributed by atoms with Gasteiger partial charge in [0.15, 0.2) is 0 Å². The van der Waals surface area contributed by atoms with Crippen LogP contribution in [-0.2, 0) is 21.3 Å². The Morgan fingerprint density at radius 3 is 2.70 bits per heavy atom. The summed E-state index contributed by atoms with van der Waals surface area (Å²) in [7, 11) is 0.627. The van der Waals surface area contributed by atoms with Crippen molar-refractivity contribution in [1.29, 1.82) is 0 Å². The van der Waals surface area contributed by atoms with Gasteiger partial charge in [0.25, 0.3) is 5.91 Å². The molecule has 0 aromatic heterocycles. The average molecular weight is 331 g/mol. The lowest BCUT2D eigenvalue weighted by Crippen LogP contribution is -2.12. The van der Waals surface area contributed by atoms with Crippen LogP contribution in [0.5, 0.6) is 0 Å². The van der Waals surface area contributed by atoms with E-state index in [-0.39, 0.29) is 5.91 Å². The molecule has 0 saturated carbocycles. The maximum atomic E-state index is 12.3. The number of carbonyl (C=O) groups is 1. The highest BCUT2D eigenvalue weighted by atomic mass is 32.2. The molecule has 2 aromatic rings. The average Bonchev–Trinajstić information content (AvgIpc) is 2.53. The Morgan fingerprint density at radius 1 is 1.17 bits per heavy atom. The molecule has 2 rings (SSSR count). The van der Waals surface area contributed by atoms with Crippen molar-refractivity contribution in [3.05, 3.63) is 65.2 Å². The van der Waals surface area contributed by atoms with Gasteiger partial charge in [-0.3, -0.25) is 9.00 Å². The van der Waals surface area contributed by atoms with Crippen LogP contribution >= 0.6 is 0 Å². The van der Waals surface area contributed by atoms with Crippen molar-refractivity contribution in [2.45, 2.75) is 12.7 Å².